The van der Waals surface area contributed by atoms with E-state index in [0.717, 1.165) is 22.5 Å². The van der Waals surface area contributed by atoms with Crippen LogP contribution in [0.25, 0.3) is 11.0 Å². The van der Waals surface area contributed by atoms with Crippen LogP contribution in [0.1, 0.15) is 35.7 Å². The Balaban J connectivity index is 2.08. The number of aryl methyl sites for hydroxylation is 1. The van der Waals surface area contributed by atoms with E-state index in [-0.39, 0.29) is 0 Å². The van der Waals surface area contributed by atoms with Gasteiger partial charge >= 0.3 is 0 Å². The first-order valence-corrected chi connectivity index (χ1v) is 7.77. The average Bonchev–Trinajstić information content (AvgIpc) is 3.04. The maximum Gasteiger partial charge on any atom is 0.138 e. The molecule has 1 aromatic carbocycles. The molecule has 3 aromatic rings. The van der Waals surface area contributed by atoms with Crippen LogP contribution in [-0.2, 0) is 13.0 Å². The van der Waals surface area contributed by atoms with Gasteiger partial charge in [-0.3, -0.25) is 0 Å². The van der Waals surface area contributed by atoms with Gasteiger partial charge in [0.1, 0.15) is 16.9 Å². The lowest BCUT2D eigenvalue weighted by atomic mass is 10.3. The van der Waals surface area contributed by atoms with Crippen LogP contribution in [0.4, 0.5) is 5.69 Å². The van der Waals surface area contributed by atoms with E-state index in [1.165, 1.54) is 4.88 Å². The summed E-state index contributed by atoms with van der Waals surface area (Å²) in [6, 6.07) is 5.63. The normalized spacial score (nSPS) is 12.9. The number of aliphatic hydroxyl groups excluding tert-OH is 1. The molecule has 0 fully saturated rings. The largest absolute Gasteiger partial charge is 0.399 e. The summed E-state index contributed by atoms with van der Waals surface area (Å²) in [4.78, 5) is 10.2. The van der Waals surface area contributed by atoms with Crippen molar-refractivity contribution in [3.05, 3.63) is 40.1 Å². The molecular formula is C15H18N4OS. The molecule has 5 nitrogen and oxygen atoms in total. The molecule has 110 valence electrons. The van der Waals surface area contributed by atoms with Crippen LogP contribution in [0, 0.1) is 0 Å². The van der Waals surface area contributed by atoms with Crippen LogP contribution < -0.4 is 5.73 Å². The Hall–Kier alpha value is -1.92. The number of thiazole rings is 1. The molecule has 2 heterocycles. The van der Waals surface area contributed by atoms with Crippen molar-refractivity contribution in [2.75, 3.05) is 5.73 Å². The van der Waals surface area contributed by atoms with Crippen molar-refractivity contribution in [3.8, 4) is 0 Å². The molecule has 21 heavy (non-hydrogen) atoms. The molecule has 0 amide bonds. The number of anilines is 1. The first kappa shape index (κ1) is 14.0. The molecule has 0 saturated carbocycles. The number of aromatic nitrogens is 3. The van der Waals surface area contributed by atoms with Crippen molar-refractivity contribution in [3.63, 3.8) is 0 Å². The van der Waals surface area contributed by atoms with Gasteiger partial charge in [0.15, 0.2) is 0 Å². The monoisotopic (exact) mass is 302 g/mol. The lowest BCUT2D eigenvalue weighted by molar-refractivity contribution is 0.185. The highest BCUT2D eigenvalue weighted by Crippen LogP contribution is 2.25. The molecule has 0 spiro atoms. The van der Waals surface area contributed by atoms with Crippen molar-refractivity contribution < 1.29 is 5.11 Å². The van der Waals surface area contributed by atoms with Crippen LogP contribution in [0.15, 0.2) is 24.4 Å². The summed E-state index contributed by atoms with van der Waals surface area (Å²) in [5.41, 5.74) is 8.25. The van der Waals surface area contributed by atoms with E-state index in [0.29, 0.717) is 18.1 Å². The van der Waals surface area contributed by atoms with Crippen LogP contribution in [0.5, 0.6) is 0 Å². The standard InChI is InChI=1S/C15H18N4OS/c1-3-11-7-17-14(21-11)8-19-13-5-4-10(16)6-12(13)18-15(19)9(2)20/h4-7,9,20H,3,8,16H2,1-2H3. The predicted molar refractivity (Wildman–Crippen MR) is 85.4 cm³/mol. The second kappa shape index (κ2) is 5.46. The highest BCUT2D eigenvalue weighted by atomic mass is 32.1. The van der Waals surface area contributed by atoms with Gasteiger partial charge in [-0.05, 0) is 31.5 Å². The second-order valence-corrected chi connectivity index (χ2v) is 6.25. The third-order valence-electron chi connectivity index (χ3n) is 3.42. The fraction of sp³-hybridized carbons (Fsp3) is 0.333. The summed E-state index contributed by atoms with van der Waals surface area (Å²) >= 11 is 1.70. The summed E-state index contributed by atoms with van der Waals surface area (Å²) in [7, 11) is 0. The Morgan fingerprint density at radius 1 is 1.43 bits per heavy atom. The number of aliphatic hydroxyl groups is 1. The Kier molecular flexibility index (Phi) is 3.65. The summed E-state index contributed by atoms with van der Waals surface area (Å²) in [6.45, 7) is 4.46. The SMILES string of the molecule is CCc1cnc(Cn2c(C(C)O)nc3cc(N)ccc32)s1. The van der Waals surface area contributed by atoms with Crippen molar-refractivity contribution in [2.45, 2.75) is 32.9 Å². The van der Waals surface area contributed by atoms with E-state index in [1.807, 2.05) is 29.0 Å². The molecule has 3 N–H and O–H groups in total. The van der Waals surface area contributed by atoms with Gasteiger partial charge in [-0.2, -0.15) is 0 Å². The van der Waals surface area contributed by atoms with E-state index < -0.39 is 6.10 Å². The number of nitrogen functional groups attached to an aromatic ring is 1. The van der Waals surface area contributed by atoms with E-state index in [9.17, 15) is 5.11 Å². The summed E-state index contributed by atoms with van der Waals surface area (Å²) in [6.07, 6.45) is 2.27. The molecule has 0 bridgehead atoms. The summed E-state index contributed by atoms with van der Waals surface area (Å²) in [5, 5.41) is 11.0. The quantitative estimate of drug-likeness (QED) is 0.726. The van der Waals surface area contributed by atoms with Crippen molar-refractivity contribution >= 4 is 28.1 Å². The lowest BCUT2D eigenvalue weighted by Crippen LogP contribution is -2.07. The molecule has 0 saturated heterocycles. The molecule has 1 atom stereocenters. The Morgan fingerprint density at radius 3 is 2.90 bits per heavy atom. The third-order valence-corrected chi connectivity index (χ3v) is 4.55. The molecule has 0 aliphatic rings. The minimum atomic E-state index is -0.635. The minimum absolute atomic E-state index is 0.616. The fourth-order valence-corrected chi connectivity index (χ4v) is 3.22. The van der Waals surface area contributed by atoms with Gasteiger partial charge < -0.3 is 15.4 Å². The van der Waals surface area contributed by atoms with E-state index in [2.05, 4.69) is 16.9 Å². The molecule has 0 radical (unpaired) electrons. The zero-order valence-corrected chi connectivity index (χ0v) is 12.9. The maximum atomic E-state index is 9.97. The molecule has 2 aromatic heterocycles. The Labute approximate surface area is 127 Å². The number of nitrogens with two attached hydrogens (primary N) is 1. The molecule has 0 aliphatic carbocycles. The Morgan fingerprint density at radius 2 is 2.24 bits per heavy atom. The first-order chi connectivity index (χ1) is 10.1. The van der Waals surface area contributed by atoms with Crippen LogP contribution >= 0.6 is 11.3 Å². The first-order valence-electron chi connectivity index (χ1n) is 6.95. The number of benzene rings is 1. The Bertz CT molecular complexity index is 775. The number of imidazole rings is 1. The number of hydrogen-bond donors (Lipinski definition) is 2. The average molecular weight is 302 g/mol. The topological polar surface area (TPSA) is 77.0 Å². The zero-order chi connectivity index (χ0) is 15.0. The van der Waals surface area contributed by atoms with E-state index in [4.69, 9.17) is 5.73 Å². The van der Waals surface area contributed by atoms with Gasteiger partial charge in [-0.15, -0.1) is 11.3 Å². The van der Waals surface area contributed by atoms with Gasteiger partial charge in [0.25, 0.3) is 0 Å². The van der Waals surface area contributed by atoms with Crippen LogP contribution in [-0.4, -0.2) is 19.6 Å². The zero-order valence-electron chi connectivity index (χ0n) is 12.1. The molecule has 1 unspecified atom stereocenters. The number of rotatable bonds is 4. The molecule has 3 rings (SSSR count). The van der Waals surface area contributed by atoms with Gasteiger partial charge in [-0.25, -0.2) is 9.97 Å². The highest BCUT2D eigenvalue weighted by molar-refractivity contribution is 7.11. The third kappa shape index (κ3) is 2.64. The molecular weight excluding hydrogens is 284 g/mol. The summed E-state index contributed by atoms with van der Waals surface area (Å²) in [5.74, 6) is 0.642. The second-order valence-electron chi connectivity index (χ2n) is 5.05. The molecule has 0 aliphatic heterocycles. The van der Waals surface area contributed by atoms with Gasteiger partial charge in [0, 0.05) is 16.8 Å². The van der Waals surface area contributed by atoms with Crippen molar-refractivity contribution in [1.29, 1.82) is 0 Å². The number of nitrogens with zero attached hydrogens (tertiary/aromatic N) is 3. The summed E-state index contributed by atoms with van der Waals surface area (Å²) < 4.78 is 2.01. The van der Waals surface area contributed by atoms with Gasteiger partial charge in [0.2, 0.25) is 0 Å². The van der Waals surface area contributed by atoms with E-state index >= 15 is 0 Å². The smallest absolute Gasteiger partial charge is 0.138 e. The maximum absolute atomic E-state index is 9.97. The minimum Gasteiger partial charge on any atom is -0.399 e. The van der Waals surface area contributed by atoms with Gasteiger partial charge in [-0.1, -0.05) is 6.92 Å². The predicted octanol–water partition coefficient (Wildman–Crippen LogP) is 2.74. The number of hydrogen-bond acceptors (Lipinski definition) is 5. The van der Waals surface area contributed by atoms with Crippen LogP contribution in [0.2, 0.25) is 0 Å². The van der Waals surface area contributed by atoms with E-state index in [1.54, 1.807) is 18.3 Å². The van der Waals surface area contributed by atoms with Crippen LogP contribution in [0.3, 0.4) is 0 Å². The highest BCUT2D eigenvalue weighted by Gasteiger charge is 2.16. The van der Waals surface area contributed by atoms with Crippen molar-refractivity contribution in [2.24, 2.45) is 0 Å². The fourth-order valence-electron chi connectivity index (χ4n) is 2.37. The molecule has 6 heteroatoms. The number of fused-ring (bicyclic) bond motifs is 1. The van der Waals surface area contributed by atoms with Gasteiger partial charge in [0.05, 0.1) is 17.6 Å². The van der Waals surface area contributed by atoms with Crippen molar-refractivity contribution in [1.82, 2.24) is 14.5 Å². The lowest BCUT2D eigenvalue weighted by Gasteiger charge is -2.09.